The predicted octanol–water partition coefficient (Wildman–Crippen LogP) is 0.441. The van der Waals surface area contributed by atoms with Gasteiger partial charge < -0.3 is 32.1 Å². The maximum atomic E-state index is 12.5. The number of Topliss-reactive ketones (excluding diaryl/α,β-unsaturated/α-hetero) is 1. The lowest BCUT2D eigenvalue weighted by molar-refractivity contribution is -0.132. The maximum absolute atomic E-state index is 12.5. The van der Waals surface area contributed by atoms with Crippen molar-refractivity contribution in [3.05, 3.63) is 12.3 Å². The molecule has 2 unspecified atom stereocenters. The highest BCUT2D eigenvalue weighted by Gasteiger charge is 2.24. The fraction of sp³-hybridized carbons (Fsp3) is 0.682. The summed E-state index contributed by atoms with van der Waals surface area (Å²) in [6.07, 6.45) is 2.73. The van der Waals surface area contributed by atoms with E-state index >= 15 is 0 Å². The van der Waals surface area contributed by atoms with Crippen molar-refractivity contribution in [3.63, 3.8) is 0 Å². The van der Waals surface area contributed by atoms with E-state index in [-0.39, 0.29) is 31.1 Å². The Morgan fingerprint density at radius 1 is 1.00 bits per heavy atom. The van der Waals surface area contributed by atoms with Crippen LogP contribution in [0.5, 0.6) is 0 Å². The summed E-state index contributed by atoms with van der Waals surface area (Å²) in [4.78, 5) is 55.9. The minimum atomic E-state index is -0.819. The maximum Gasteiger partial charge on any atom is 0.290 e. The van der Waals surface area contributed by atoms with Crippen molar-refractivity contribution in [1.82, 2.24) is 21.3 Å². The van der Waals surface area contributed by atoms with Gasteiger partial charge in [0.05, 0.1) is 6.54 Å². The fourth-order valence-electron chi connectivity index (χ4n) is 2.32. The molecule has 7 N–H and O–H groups in total. The molecular weight excluding hydrogens is 430 g/mol. The Labute approximate surface area is 197 Å². The second-order valence-corrected chi connectivity index (χ2v) is 6.97. The van der Waals surface area contributed by atoms with E-state index in [1.807, 2.05) is 20.8 Å². The fourth-order valence-corrected chi connectivity index (χ4v) is 2.32. The van der Waals surface area contributed by atoms with Crippen molar-refractivity contribution in [2.45, 2.75) is 78.8 Å². The minimum Gasteiger partial charge on any atom is -0.483 e. The molecule has 192 valence electrons. The number of hydrogen-bond donors (Lipinski definition) is 6. The molecule has 0 aromatic rings. The topological polar surface area (TPSA) is 180 Å². The second-order valence-electron chi connectivity index (χ2n) is 6.97. The third-order valence-electron chi connectivity index (χ3n) is 3.87. The van der Waals surface area contributed by atoms with Gasteiger partial charge in [-0.3, -0.25) is 24.0 Å². The van der Waals surface area contributed by atoms with Gasteiger partial charge in [0.25, 0.3) is 6.47 Å². The van der Waals surface area contributed by atoms with Gasteiger partial charge in [0.15, 0.2) is 0 Å². The number of unbranched alkanes of at least 4 members (excludes halogenated alkanes) is 1. The van der Waals surface area contributed by atoms with Crippen molar-refractivity contribution < 1.29 is 29.1 Å². The SMILES string of the molecule is C=C(C)NCCCC(=O)NC(CCCCN)C(=O)NC(C)C(=O)NCC(C)=O.CC.O=CO. The van der Waals surface area contributed by atoms with Gasteiger partial charge in [0.1, 0.15) is 17.9 Å². The molecule has 0 aliphatic carbocycles. The summed E-state index contributed by atoms with van der Waals surface area (Å²) in [6, 6.07) is -1.56. The molecule has 0 fully saturated rings. The molecule has 11 heteroatoms. The second kappa shape index (κ2) is 23.7. The predicted molar refractivity (Wildman–Crippen MR) is 128 cm³/mol. The number of carboxylic acid groups (broad SMARTS) is 1. The number of ketones is 1. The van der Waals surface area contributed by atoms with Gasteiger partial charge in [-0.15, -0.1) is 0 Å². The Bertz CT molecular complexity index is 598. The Hall–Kier alpha value is -2.95. The van der Waals surface area contributed by atoms with Crippen LogP contribution in [0.1, 0.15) is 66.7 Å². The zero-order valence-corrected chi connectivity index (χ0v) is 20.7. The first kappa shape index (κ1) is 34.7. The van der Waals surface area contributed by atoms with E-state index in [0.717, 1.165) is 12.1 Å². The van der Waals surface area contributed by atoms with E-state index in [0.29, 0.717) is 32.4 Å². The summed E-state index contributed by atoms with van der Waals surface area (Å²) < 4.78 is 0. The number of amides is 3. The molecular formula is C22H43N5O6. The van der Waals surface area contributed by atoms with E-state index in [1.54, 1.807) is 0 Å². The largest absolute Gasteiger partial charge is 0.483 e. The number of hydrogen-bond acceptors (Lipinski definition) is 7. The Balaban J connectivity index is -0.00000165. The molecule has 11 nitrogen and oxygen atoms in total. The van der Waals surface area contributed by atoms with E-state index in [4.69, 9.17) is 15.6 Å². The van der Waals surface area contributed by atoms with Crippen LogP contribution in [0.15, 0.2) is 12.3 Å². The number of allylic oxidation sites excluding steroid dienone is 1. The standard InChI is InChI=1S/C19H35N5O4.C2H6.CH2O2/c1-13(2)21-11-7-9-17(26)24-16(8-5-6-10-20)19(28)23-15(4)18(27)22-12-14(3)25;1-2;2-1-3/h15-16,21H,1,5-12,20H2,2-4H3,(H,22,27)(H,23,28)(H,24,26);1-2H3;1H,(H,2,3). The van der Waals surface area contributed by atoms with Crippen molar-refractivity contribution in [2.75, 3.05) is 19.6 Å². The van der Waals surface area contributed by atoms with Crippen LogP contribution in [0.3, 0.4) is 0 Å². The van der Waals surface area contributed by atoms with Gasteiger partial charge >= 0.3 is 0 Å². The number of carbonyl (C=O) groups excluding carboxylic acids is 4. The van der Waals surface area contributed by atoms with Crippen LogP contribution in [-0.2, 0) is 24.0 Å². The molecule has 0 radical (unpaired) electrons. The summed E-state index contributed by atoms with van der Waals surface area (Å²) in [5.74, 6) is -1.30. The van der Waals surface area contributed by atoms with Crippen LogP contribution in [0.4, 0.5) is 0 Å². The lowest BCUT2D eigenvalue weighted by atomic mass is 10.1. The summed E-state index contributed by atoms with van der Waals surface area (Å²) >= 11 is 0. The van der Waals surface area contributed by atoms with Gasteiger partial charge in [0, 0.05) is 18.7 Å². The monoisotopic (exact) mass is 473 g/mol. The van der Waals surface area contributed by atoms with E-state index < -0.39 is 23.9 Å². The molecule has 0 saturated carbocycles. The highest BCUT2D eigenvalue weighted by Crippen LogP contribution is 2.03. The van der Waals surface area contributed by atoms with Crippen molar-refractivity contribution >= 4 is 30.0 Å². The van der Waals surface area contributed by atoms with Crippen molar-refractivity contribution in [2.24, 2.45) is 5.73 Å². The molecule has 0 spiro atoms. The van der Waals surface area contributed by atoms with E-state index in [1.165, 1.54) is 13.8 Å². The molecule has 0 aliphatic rings. The molecule has 0 aromatic heterocycles. The normalized spacial score (nSPS) is 11.1. The van der Waals surface area contributed by atoms with E-state index in [2.05, 4.69) is 27.8 Å². The van der Waals surface area contributed by atoms with Gasteiger partial charge in [0.2, 0.25) is 17.7 Å². The summed E-state index contributed by atoms with van der Waals surface area (Å²) in [5, 5.41) is 17.7. The third kappa shape index (κ3) is 23.5. The zero-order valence-electron chi connectivity index (χ0n) is 20.7. The molecule has 2 atom stereocenters. The molecule has 0 rings (SSSR count). The first-order chi connectivity index (χ1) is 15.6. The summed E-state index contributed by atoms with van der Waals surface area (Å²) in [6.45, 7) is 13.2. The lowest BCUT2D eigenvalue weighted by Crippen LogP contribution is -2.53. The Morgan fingerprint density at radius 2 is 1.58 bits per heavy atom. The first-order valence-corrected chi connectivity index (χ1v) is 11.1. The van der Waals surface area contributed by atoms with Crippen LogP contribution >= 0.6 is 0 Å². The zero-order chi connectivity index (χ0) is 26.2. The van der Waals surface area contributed by atoms with Gasteiger partial charge in [-0.05, 0) is 53.0 Å². The number of carbonyl (C=O) groups is 5. The van der Waals surface area contributed by atoms with Crippen molar-refractivity contribution in [1.29, 1.82) is 0 Å². The van der Waals surface area contributed by atoms with Crippen LogP contribution in [0, 0.1) is 0 Å². The Kier molecular flexibility index (Phi) is 24.9. The van der Waals surface area contributed by atoms with Crippen LogP contribution < -0.4 is 27.0 Å². The third-order valence-corrected chi connectivity index (χ3v) is 3.87. The number of rotatable bonds is 15. The molecule has 0 heterocycles. The molecule has 0 aromatic carbocycles. The Morgan fingerprint density at radius 3 is 2.06 bits per heavy atom. The average Bonchev–Trinajstić information content (AvgIpc) is 2.76. The van der Waals surface area contributed by atoms with Crippen LogP contribution in [0.25, 0.3) is 0 Å². The van der Waals surface area contributed by atoms with Gasteiger partial charge in [-0.1, -0.05) is 20.4 Å². The van der Waals surface area contributed by atoms with Gasteiger partial charge in [-0.25, -0.2) is 0 Å². The van der Waals surface area contributed by atoms with Crippen LogP contribution in [0.2, 0.25) is 0 Å². The average molecular weight is 474 g/mol. The summed E-state index contributed by atoms with van der Waals surface area (Å²) in [5.41, 5.74) is 6.32. The highest BCUT2D eigenvalue weighted by atomic mass is 16.3. The first-order valence-electron chi connectivity index (χ1n) is 11.1. The van der Waals surface area contributed by atoms with Gasteiger partial charge in [-0.2, -0.15) is 0 Å². The minimum absolute atomic E-state index is 0.0894. The quantitative estimate of drug-likeness (QED) is 0.146. The number of nitrogens with two attached hydrogens (primary N) is 1. The summed E-state index contributed by atoms with van der Waals surface area (Å²) in [7, 11) is 0. The van der Waals surface area contributed by atoms with Crippen LogP contribution in [-0.4, -0.2) is 66.8 Å². The molecule has 33 heavy (non-hydrogen) atoms. The molecule has 0 saturated heterocycles. The lowest BCUT2D eigenvalue weighted by Gasteiger charge is -2.21. The molecule has 3 amide bonds. The molecule has 0 aliphatic heterocycles. The molecule has 0 bridgehead atoms. The highest BCUT2D eigenvalue weighted by molar-refractivity contribution is 5.93. The smallest absolute Gasteiger partial charge is 0.290 e. The number of nitrogens with one attached hydrogen (secondary N) is 4. The van der Waals surface area contributed by atoms with Crippen molar-refractivity contribution in [3.8, 4) is 0 Å². The van der Waals surface area contributed by atoms with E-state index in [9.17, 15) is 19.2 Å².